The molecule has 3 aromatic rings. The van der Waals surface area contributed by atoms with Gasteiger partial charge in [-0.3, -0.25) is 4.79 Å². The number of carbonyl (C=O) groups is 2. The average Bonchev–Trinajstić information content (AvgIpc) is 2.91. The van der Waals surface area contributed by atoms with E-state index in [1.165, 1.54) is 11.8 Å². The van der Waals surface area contributed by atoms with Crippen molar-refractivity contribution in [1.29, 1.82) is 0 Å². The Hall–Kier alpha value is -2.30. The summed E-state index contributed by atoms with van der Waals surface area (Å²) < 4.78 is 10.5. The molecular formula is C27H24Cl3NO6S. The monoisotopic (exact) mass is 595 g/mol. The second-order valence-electron chi connectivity index (χ2n) is 8.54. The number of hydrogen-bond acceptors (Lipinski definition) is 6. The largest absolute Gasteiger partial charge is 0.478 e. The summed E-state index contributed by atoms with van der Waals surface area (Å²) >= 11 is 18.3. The molecule has 200 valence electrons. The van der Waals surface area contributed by atoms with Crippen LogP contribution in [0.3, 0.4) is 0 Å². The lowest BCUT2D eigenvalue weighted by molar-refractivity contribution is -0.245. The smallest absolute Gasteiger partial charge is 0.336 e. The Morgan fingerprint density at radius 1 is 0.947 bits per heavy atom. The maximum Gasteiger partial charge on any atom is 0.336 e. The van der Waals surface area contributed by atoms with Gasteiger partial charge in [0.15, 0.2) is 6.29 Å². The summed E-state index contributed by atoms with van der Waals surface area (Å²) in [6, 6.07) is 21.2. The van der Waals surface area contributed by atoms with E-state index in [4.69, 9.17) is 44.3 Å². The Morgan fingerprint density at radius 3 is 2.24 bits per heavy atom. The van der Waals surface area contributed by atoms with E-state index in [9.17, 15) is 19.8 Å². The predicted molar refractivity (Wildman–Crippen MR) is 148 cm³/mol. The number of aliphatic hydroxyl groups excluding tert-OH is 1. The highest BCUT2D eigenvalue weighted by Gasteiger charge is 2.33. The molecule has 1 heterocycles. The Labute approximate surface area is 239 Å². The number of ether oxygens (including phenoxy) is 2. The van der Waals surface area contributed by atoms with E-state index in [0.717, 1.165) is 16.7 Å². The number of halogens is 3. The van der Waals surface area contributed by atoms with Crippen LogP contribution in [0.25, 0.3) is 0 Å². The fourth-order valence-corrected chi connectivity index (χ4v) is 5.11. The Bertz CT molecular complexity index is 1270. The Morgan fingerprint density at radius 2 is 1.61 bits per heavy atom. The SMILES string of the molecule is O=C(O)c1ccccc1SC[C@H]1C[C@@H](c2ccc(CO)cc2)O[C@@H](c2ccc(NC(=O)C(Cl)(Cl)Cl)cc2)O1. The van der Waals surface area contributed by atoms with E-state index < -0.39 is 22.0 Å². The summed E-state index contributed by atoms with van der Waals surface area (Å²) in [5.41, 5.74) is 3.12. The highest BCUT2D eigenvalue weighted by atomic mass is 35.6. The first-order chi connectivity index (χ1) is 18.1. The number of rotatable bonds is 8. The van der Waals surface area contributed by atoms with Crippen LogP contribution in [0.2, 0.25) is 0 Å². The summed E-state index contributed by atoms with van der Waals surface area (Å²) in [7, 11) is 0. The molecule has 7 nitrogen and oxygen atoms in total. The van der Waals surface area contributed by atoms with Crippen LogP contribution in [0.1, 0.15) is 45.9 Å². The lowest BCUT2D eigenvalue weighted by atomic mass is 10.0. The molecule has 38 heavy (non-hydrogen) atoms. The highest BCUT2D eigenvalue weighted by Crippen LogP contribution is 2.40. The van der Waals surface area contributed by atoms with Gasteiger partial charge in [-0.25, -0.2) is 4.79 Å². The Balaban J connectivity index is 1.53. The zero-order chi connectivity index (χ0) is 27.3. The average molecular weight is 597 g/mol. The van der Waals surface area contributed by atoms with E-state index in [1.54, 1.807) is 48.5 Å². The van der Waals surface area contributed by atoms with Gasteiger partial charge >= 0.3 is 5.97 Å². The number of amides is 1. The number of benzene rings is 3. The number of thioether (sulfide) groups is 1. The van der Waals surface area contributed by atoms with Crippen molar-refractivity contribution in [2.75, 3.05) is 11.1 Å². The van der Waals surface area contributed by atoms with Crippen molar-refractivity contribution >= 4 is 64.1 Å². The molecule has 0 bridgehead atoms. The molecule has 11 heteroatoms. The summed E-state index contributed by atoms with van der Waals surface area (Å²) in [6.07, 6.45) is -0.726. The van der Waals surface area contributed by atoms with Crippen molar-refractivity contribution in [3.63, 3.8) is 0 Å². The third-order valence-electron chi connectivity index (χ3n) is 5.86. The van der Waals surface area contributed by atoms with Crippen LogP contribution < -0.4 is 5.32 Å². The first-order valence-corrected chi connectivity index (χ1v) is 13.7. The molecule has 1 aliphatic rings. The van der Waals surface area contributed by atoms with Crippen LogP contribution in [-0.4, -0.2) is 37.7 Å². The minimum atomic E-state index is -2.09. The fraction of sp³-hybridized carbons (Fsp3) is 0.259. The van der Waals surface area contributed by atoms with Crippen molar-refractivity contribution < 1.29 is 29.3 Å². The minimum Gasteiger partial charge on any atom is -0.478 e. The maximum atomic E-state index is 12.0. The molecule has 1 amide bonds. The van der Waals surface area contributed by atoms with Gasteiger partial charge in [-0.15, -0.1) is 11.8 Å². The molecule has 3 atom stereocenters. The second-order valence-corrected chi connectivity index (χ2v) is 11.9. The van der Waals surface area contributed by atoms with Crippen molar-refractivity contribution in [2.24, 2.45) is 0 Å². The lowest BCUT2D eigenvalue weighted by Gasteiger charge is -2.36. The van der Waals surface area contributed by atoms with Crippen molar-refractivity contribution in [2.45, 2.75) is 40.2 Å². The van der Waals surface area contributed by atoms with Gasteiger partial charge in [-0.2, -0.15) is 0 Å². The zero-order valence-electron chi connectivity index (χ0n) is 19.9. The van der Waals surface area contributed by atoms with Crippen molar-refractivity contribution in [3.05, 3.63) is 95.1 Å². The molecular weight excluding hydrogens is 573 g/mol. The number of alkyl halides is 3. The van der Waals surface area contributed by atoms with Crippen molar-refractivity contribution in [1.82, 2.24) is 0 Å². The molecule has 1 fully saturated rings. The van der Waals surface area contributed by atoms with E-state index in [0.29, 0.717) is 22.8 Å². The standard InChI is InChI=1S/C27H24Cl3NO6S/c28-27(29,30)26(35)31-19-11-9-18(10-12-19)25-36-20(15-38-23-4-2-1-3-21(23)24(33)34)13-22(37-25)17-7-5-16(14-32)6-8-17/h1-12,20,22,25,32H,13-15H2,(H,31,35)(H,33,34)/t20-,22+,25+/m1/s1. The van der Waals surface area contributed by atoms with Gasteiger partial charge in [0.2, 0.25) is 0 Å². The molecule has 0 spiro atoms. The number of aromatic carboxylic acids is 1. The summed E-state index contributed by atoms with van der Waals surface area (Å²) in [4.78, 5) is 24.2. The van der Waals surface area contributed by atoms with Crippen LogP contribution in [0, 0.1) is 0 Å². The van der Waals surface area contributed by atoms with Gasteiger partial charge in [0.05, 0.1) is 24.4 Å². The molecule has 0 aliphatic carbocycles. The van der Waals surface area contributed by atoms with E-state index in [1.807, 2.05) is 24.3 Å². The van der Waals surface area contributed by atoms with E-state index in [2.05, 4.69) is 5.32 Å². The topological polar surface area (TPSA) is 105 Å². The number of hydrogen-bond donors (Lipinski definition) is 3. The van der Waals surface area contributed by atoms with Crippen LogP contribution in [-0.2, 0) is 20.9 Å². The minimum absolute atomic E-state index is 0.0546. The van der Waals surface area contributed by atoms with Gasteiger partial charge in [0.25, 0.3) is 9.70 Å². The van der Waals surface area contributed by atoms with E-state index in [-0.39, 0.29) is 24.4 Å². The van der Waals surface area contributed by atoms with Gasteiger partial charge < -0.3 is 25.0 Å². The van der Waals surface area contributed by atoms with Gasteiger partial charge in [0, 0.05) is 28.3 Å². The lowest BCUT2D eigenvalue weighted by Crippen LogP contribution is -2.31. The quantitative estimate of drug-likeness (QED) is 0.201. The number of nitrogens with one attached hydrogen (secondary N) is 1. The number of carbonyl (C=O) groups excluding carboxylic acids is 1. The predicted octanol–water partition coefficient (Wildman–Crippen LogP) is 6.52. The van der Waals surface area contributed by atoms with Crippen molar-refractivity contribution in [3.8, 4) is 0 Å². The molecule has 0 radical (unpaired) electrons. The molecule has 1 saturated heterocycles. The number of anilines is 1. The molecule has 0 saturated carbocycles. The number of carboxylic acids is 1. The Kier molecular flexibility index (Phi) is 9.59. The van der Waals surface area contributed by atoms with Crippen LogP contribution in [0.15, 0.2) is 77.7 Å². The molecule has 1 aliphatic heterocycles. The van der Waals surface area contributed by atoms with Crippen LogP contribution in [0.5, 0.6) is 0 Å². The second kappa shape index (κ2) is 12.7. The molecule has 3 aromatic carbocycles. The zero-order valence-corrected chi connectivity index (χ0v) is 22.9. The number of aliphatic hydroxyl groups is 1. The van der Waals surface area contributed by atoms with Gasteiger partial charge in [0.1, 0.15) is 0 Å². The maximum absolute atomic E-state index is 12.0. The normalized spacial score (nSPS) is 19.6. The van der Waals surface area contributed by atoms with E-state index >= 15 is 0 Å². The molecule has 4 rings (SSSR count). The summed E-state index contributed by atoms with van der Waals surface area (Å²) in [6.45, 7) is -0.0546. The first kappa shape index (κ1) is 28.7. The van der Waals surface area contributed by atoms with Crippen LogP contribution in [0.4, 0.5) is 5.69 Å². The third kappa shape index (κ3) is 7.42. The molecule has 0 aromatic heterocycles. The molecule has 3 N–H and O–H groups in total. The highest BCUT2D eigenvalue weighted by molar-refractivity contribution is 7.99. The summed E-state index contributed by atoms with van der Waals surface area (Å²) in [5.74, 6) is -1.25. The third-order valence-corrected chi connectivity index (χ3v) is 7.58. The summed E-state index contributed by atoms with van der Waals surface area (Å²) in [5, 5.41) is 21.4. The van der Waals surface area contributed by atoms with Gasteiger partial charge in [-0.1, -0.05) is 83.3 Å². The van der Waals surface area contributed by atoms with Gasteiger partial charge in [-0.05, 0) is 35.4 Å². The first-order valence-electron chi connectivity index (χ1n) is 11.6. The molecule has 0 unspecified atom stereocenters. The van der Waals surface area contributed by atoms with Crippen LogP contribution >= 0.6 is 46.6 Å². The fourth-order valence-electron chi connectivity index (χ4n) is 3.90. The number of carboxylic acid groups (broad SMARTS) is 1.